The third-order valence-corrected chi connectivity index (χ3v) is 5.02. The number of esters is 1. The maximum Gasteiger partial charge on any atom is 0.303 e. The molecule has 0 aliphatic carbocycles. The fourth-order valence-corrected chi connectivity index (χ4v) is 3.61. The molecule has 7 heteroatoms. The number of carbonyl (C=O) groups excluding carboxylic acids is 2. The number of fused-ring (bicyclic) bond motifs is 1. The minimum absolute atomic E-state index is 0.249. The molecule has 3 rings (SSSR count). The lowest BCUT2D eigenvalue weighted by atomic mass is 9.87. The summed E-state index contributed by atoms with van der Waals surface area (Å²) >= 11 is 0. The van der Waals surface area contributed by atoms with E-state index in [2.05, 4.69) is 0 Å². The maximum absolute atomic E-state index is 12.9. The molecule has 1 heterocycles. The highest BCUT2D eigenvalue weighted by atomic mass is 16.5. The van der Waals surface area contributed by atoms with E-state index in [4.69, 9.17) is 18.9 Å². The van der Waals surface area contributed by atoms with Crippen LogP contribution in [0.25, 0.3) is 0 Å². The van der Waals surface area contributed by atoms with Crippen molar-refractivity contribution in [2.45, 2.75) is 19.4 Å². The Morgan fingerprint density at radius 2 is 1.66 bits per heavy atom. The fourth-order valence-electron chi connectivity index (χ4n) is 3.61. The molecule has 1 aliphatic rings. The van der Waals surface area contributed by atoms with Gasteiger partial charge in [0.2, 0.25) is 0 Å². The summed E-state index contributed by atoms with van der Waals surface area (Å²) in [6.07, 6.45) is 0.661. The van der Waals surface area contributed by atoms with Gasteiger partial charge in [-0.05, 0) is 47.4 Å². The quantitative estimate of drug-likeness (QED) is 0.696. The van der Waals surface area contributed by atoms with Crippen LogP contribution < -0.4 is 14.2 Å². The maximum atomic E-state index is 12.9. The van der Waals surface area contributed by atoms with Crippen molar-refractivity contribution < 1.29 is 28.5 Å². The van der Waals surface area contributed by atoms with E-state index in [1.165, 1.54) is 6.92 Å². The van der Waals surface area contributed by atoms with Gasteiger partial charge >= 0.3 is 5.97 Å². The van der Waals surface area contributed by atoms with Gasteiger partial charge in [0.15, 0.2) is 18.1 Å². The van der Waals surface area contributed by atoms with Crippen molar-refractivity contribution in [1.82, 2.24) is 4.90 Å². The molecule has 0 saturated carbocycles. The summed E-state index contributed by atoms with van der Waals surface area (Å²) in [4.78, 5) is 25.8. The van der Waals surface area contributed by atoms with Crippen molar-refractivity contribution in [3.8, 4) is 17.2 Å². The number of rotatable bonds is 6. The van der Waals surface area contributed by atoms with Gasteiger partial charge in [-0.2, -0.15) is 0 Å². The molecular weight excluding hydrogens is 374 g/mol. The van der Waals surface area contributed by atoms with E-state index in [1.807, 2.05) is 36.4 Å². The molecule has 0 aromatic heterocycles. The molecule has 0 radical (unpaired) electrons. The van der Waals surface area contributed by atoms with Crippen molar-refractivity contribution in [3.63, 3.8) is 0 Å². The van der Waals surface area contributed by atoms with Crippen LogP contribution in [0, 0.1) is 0 Å². The Morgan fingerprint density at radius 1 is 1.00 bits per heavy atom. The highest BCUT2D eigenvalue weighted by molar-refractivity contribution is 5.81. The summed E-state index contributed by atoms with van der Waals surface area (Å²) in [6, 6.07) is 11.1. The van der Waals surface area contributed by atoms with Crippen LogP contribution in [0.15, 0.2) is 36.4 Å². The van der Waals surface area contributed by atoms with Crippen molar-refractivity contribution in [2.24, 2.45) is 0 Å². The van der Waals surface area contributed by atoms with E-state index < -0.39 is 5.97 Å². The van der Waals surface area contributed by atoms with Crippen LogP contribution in [-0.4, -0.2) is 51.3 Å². The van der Waals surface area contributed by atoms with Crippen LogP contribution in [0.4, 0.5) is 0 Å². The van der Waals surface area contributed by atoms with Crippen LogP contribution in [0.5, 0.6) is 17.2 Å². The Kier molecular flexibility index (Phi) is 6.26. The van der Waals surface area contributed by atoms with Crippen LogP contribution in [0.3, 0.4) is 0 Å². The third-order valence-electron chi connectivity index (χ3n) is 5.02. The normalized spacial score (nSPS) is 15.3. The van der Waals surface area contributed by atoms with Crippen LogP contribution in [0.2, 0.25) is 0 Å². The van der Waals surface area contributed by atoms with Gasteiger partial charge < -0.3 is 23.8 Å². The first kappa shape index (κ1) is 20.5. The zero-order valence-electron chi connectivity index (χ0n) is 17.1. The zero-order chi connectivity index (χ0) is 21.0. The van der Waals surface area contributed by atoms with Crippen molar-refractivity contribution >= 4 is 11.9 Å². The summed E-state index contributed by atoms with van der Waals surface area (Å²) in [7, 11) is 4.79. The minimum atomic E-state index is -0.483. The number of hydrogen-bond acceptors (Lipinski definition) is 6. The molecule has 2 aromatic carbocycles. The Bertz CT molecular complexity index is 893. The second kappa shape index (κ2) is 8.86. The molecule has 7 nitrogen and oxygen atoms in total. The fraction of sp³-hybridized carbons (Fsp3) is 0.364. The van der Waals surface area contributed by atoms with Gasteiger partial charge in [0, 0.05) is 13.5 Å². The average molecular weight is 399 g/mol. The molecule has 1 amide bonds. The van der Waals surface area contributed by atoms with Crippen LogP contribution >= 0.6 is 0 Å². The summed E-state index contributed by atoms with van der Waals surface area (Å²) in [6.45, 7) is 1.50. The molecule has 0 bridgehead atoms. The molecule has 0 fully saturated rings. The number of nitrogens with zero attached hydrogens (tertiary/aromatic N) is 1. The monoisotopic (exact) mass is 399 g/mol. The van der Waals surface area contributed by atoms with Gasteiger partial charge in [-0.15, -0.1) is 0 Å². The number of hydrogen-bond donors (Lipinski definition) is 0. The predicted octanol–water partition coefficient (Wildman–Crippen LogP) is 2.75. The molecule has 2 aromatic rings. The SMILES string of the molecule is COc1ccc(C2c3cc(OC)c(OC)cc3CCN2C(=O)COC(C)=O)cc1. The predicted molar refractivity (Wildman–Crippen MR) is 106 cm³/mol. The molecule has 1 atom stereocenters. The topological polar surface area (TPSA) is 74.3 Å². The number of ether oxygens (including phenoxy) is 4. The Hall–Kier alpha value is -3.22. The Balaban J connectivity index is 2.06. The highest BCUT2D eigenvalue weighted by Gasteiger charge is 2.33. The average Bonchev–Trinajstić information content (AvgIpc) is 2.75. The third kappa shape index (κ3) is 4.29. The van der Waals surface area contributed by atoms with Gasteiger partial charge in [0.25, 0.3) is 5.91 Å². The molecule has 1 aliphatic heterocycles. The van der Waals surface area contributed by atoms with E-state index in [0.717, 1.165) is 22.4 Å². The van der Waals surface area contributed by atoms with Gasteiger partial charge in [-0.25, -0.2) is 0 Å². The first-order valence-electron chi connectivity index (χ1n) is 9.30. The number of methoxy groups -OCH3 is 3. The van der Waals surface area contributed by atoms with Crippen LogP contribution in [0.1, 0.15) is 29.7 Å². The number of amides is 1. The van der Waals surface area contributed by atoms with E-state index in [1.54, 1.807) is 26.2 Å². The zero-order valence-corrected chi connectivity index (χ0v) is 17.1. The van der Waals surface area contributed by atoms with E-state index in [0.29, 0.717) is 24.5 Å². The lowest BCUT2D eigenvalue weighted by Gasteiger charge is -2.38. The second-order valence-electron chi connectivity index (χ2n) is 6.70. The first-order valence-corrected chi connectivity index (χ1v) is 9.30. The van der Waals surface area contributed by atoms with E-state index >= 15 is 0 Å². The summed E-state index contributed by atoms with van der Waals surface area (Å²) < 4.78 is 21.1. The van der Waals surface area contributed by atoms with Crippen molar-refractivity contribution in [3.05, 3.63) is 53.1 Å². The number of carbonyl (C=O) groups is 2. The molecule has 0 spiro atoms. The lowest BCUT2D eigenvalue weighted by molar-refractivity contribution is -0.151. The Morgan fingerprint density at radius 3 is 2.24 bits per heavy atom. The highest BCUT2D eigenvalue weighted by Crippen LogP contribution is 2.41. The molecule has 1 unspecified atom stereocenters. The lowest BCUT2D eigenvalue weighted by Crippen LogP contribution is -2.42. The van der Waals surface area contributed by atoms with Gasteiger partial charge in [-0.1, -0.05) is 12.1 Å². The molecule has 154 valence electrons. The van der Waals surface area contributed by atoms with E-state index in [-0.39, 0.29) is 18.6 Å². The van der Waals surface area contributed by atoms with Crippen molar-refractivity contribution in [1.29, 1.82) is 0 Å². The second-order valence-corrected chi connectivity index (χ2v) is 6.70. The first-order chi connectivity index (χ1) is 14.0. The Labute approximate surface area is 170 Å². The summed E-state index contributed by atoms with van der Waals surface area (Å²) in [5.41, 5.74) is 2.96. The van der Waals surface area contributed by atoms with Gasteiger partial charge in [0.1, 0.15) is 5.75 Å². The molecule has 0 saturated heterocycles. The molecule has 29 heavy (non-hydrogen) atoms. The molecule has 0 N–H and O–H groups in total. The minimum Gasteiger partial charge on any atom is -0.497 e. The standard InChI is InChI=1S/C22H25NO6/c1-14(24)29-13-21(25)23-10-9-16-11-19(27-3)20(28-4)12-18(16)22(23)15-5-7-17(26-2)8-6-15/h5-8,11-12,22H,9-10,13H2,1-4H3. The van der Waals surface area contributed by atoms with Gasteiger partial charge in [0.05, 0.1) is 27.4 Å². The van der Waals surface area contributed by atoms with Gasteiger partial charge in [-0.3, -0.25) is 9.59 Å². The number of benzene rings is 2. The summed E-state index contributed by atoms with van der Waals surface area (Å²) in [5, 5.41) is 0. The van der Waals surface area contributed by atoms with E-state index in [9.17, 15) is 9.59 Å². The largest absolute Gasteiger partial charge is 0.497 e. The van der Waals surface area contributed by atoms with Crippen LogP contribution in [-0.2, 0) is 20.7 Å². The molecular formula is C22H25NO6. The smallest absolute Gasteiger partial charge is 0.303 e. The van der Waals surface area contributed by atoms with Crippen molar-refractivity contribution in [2.75, 3.05) is 34.5 Å². The summed E-state index contributed by atoms with van der Waals surface area (Å²) in [5.74, 6) is 1.25.